The third-order valence-electron chi connectivity index (χ3n) is 4.65. The van der Waals surface area contributed by atoms with Gasteiger partial charge in [-0.3, -0.25) is 4.79 Å². The summed E-state index contributed by atoms with van der Waals surface area (Å²) in [6, 6.07) is 8.35. The van der Waals surface area contributed by atoms with Crippen LogP contribution in [0.15, 0.2) is 24.3 Å². The van der Waals surface area contributed by atoms with Gasteiger partial charge in [0.15, 0.2) is 0 Å². The Morgan fingerprint density at radius 2 is 1.84 bits per heavy atom. The number of nitrogens with one attached hydrogen (secondary N) is 1. The summed E-state index contributed by atoms with van der Waals surface area (Å²) in [5.41, 5.74) is 2.31. The second-order valence-electron chi connectivity index (χ2n) is 6.21. The molecule has 2 nitrogen and oxygen atoms in total. The van der Waals surface area contributed by atoms with Gasteiger partial charge < -0.3 is 5.32 Å². The second kappa shape index (κ2) is 5.36. The second-order valence-corrected chi connectivity index (χ2v) is 6.21. The lowest BCUT2D eigenvalue weighted by Gasteiger charge is -2.12. The molecule has 1 aromatic carbocycles. The Hall–Kier alpha value is -1.31. The smallest absolute Gasteiger partial charge is 0.227 e. The lowest BCUT2D eigenvalue weighted by Crippen LogP contribution is -2.21. The molecule has 2 aliphatic carbocycles. The van der Waals surface area contributed by atoms with Gasteiger partial charge in [0.05, 0.1) is 0 Å². The first-order valence-corrected chi connectivity index (χ1v) is 7.66. The molecule has 2 fully saturated rings. The SMILES string of the molecule is CCCCc1ccc(NC(=O)C2CC3CC3C2)cc1. The Morgan fingerprint density at radius 1 is 1.16 bits per heavy atom. The van der Waals surface area contributed by atoms with Crippen molar-refractivity contribution in [3.05, 3.63) is 29.8 Å². The van der Waals surface area contributed by atoms with Crippen LogP contribution in [0.3, 0.4) is 0 Å². The van der Waals surface area contributed by atoms with Crippen LogP contribution in [-0.4, -0.2) is 5.91 Å². The van der Waals surface area contributed by atoms with Crippen LogP contribution in [0.5, 0.6) is 0 Å². The minimum Gasteiger partial charge on any atom is -0.326 e. The van der Waals surface area contributed by atoms with E-state index in [1.165, 1.54) is 24.8 Å². The molecule has 0 saturated heterocycles. The van der Waals surface area contributed by atoms with Gasteiger partial charge in [-0.15, -0.1) is 0 Å². The fourth-order valence-corrected chi connectivity index (χ4v) is 3.31. The summed E-state index contributed by atoms with van der Waals surface area (Å²) in [5.74, 6) is 2.23. The first kappa shape index (κ1) is 12.7. The van der Waals surface area contributed by atoms with Gasteiger partial charge in [0.1, 0.15) is 0 Å². The molecule has 0 spiro atoms. The van der Waals surface area contributed by atoms with Crippen LogP contribution in [0, 0.1) is 17.8 Å². The highest BCUT2D eigenvalue weighted by molar-refractivity contribution is 5.92. The Morgan fingerprint density at radius 3 is 2.47 bits per heavy atom. The van der Waals surface area contributed by atoms with Crippen molar-refractivity contribution in [1.82, 2.24) is 0 Å². The van der Waals surface area contributed by atoms with E-state index in [9.17, 15) is 4.79 Å². The quantitative estimate of drug-likeness (QED) is 0.848. The topological polar surface area (TPSA) is 29.1 Å². The predicted molar refractivity (Wildman–Crippen MR) is 78.0 cm³/mol. The molecule has 2 heteroatoms. The molecule has 1 amide bonds. The average molecular weight is 257 g/mol. The highest BCUT2D eigenvalue weighted by Gasteiger charge is 2.47. The van der Waals surface area contributed by atoms with E-state index < -0.39 is 0 Å². The maximum atomic E-state index is 12.1. The van der Waals surface area contributed by atoms with Crippen LogP contribution in [-0.2, 0) is 11.2 Å². The van der Waals surface area contributed by atoms with Crippen LogP contribution >= 0.6 is 0 Å². The van der Waals surface area contributed by atoms with Gasteiger partial charge >= 0.3 is 0 Å². The molecule has 0 aliphatic heterocycles. The molecule has 2 atom stereocenters. The van der Waals surface area contributed by atoms with E-state index >= 15 is 0 Å². The van der Waals surface area contributed by atoms with E-state index in [4.69, 9.17) is 0 Å². The van der Waals surface area contributed by atoms with Crippen LogP contribution < -0.4 is 5.32 Å². The van der Waals surface area contributed by atoms with Crippen LogP contribution in [0.2, 0.25) is 0 Å². The van der Waals surface area contributed by atoms with E-state index in [1.54, 1.807) is 0 Å². The number of benzene rings is 1. The minimum absolute atomic E-state index is 0.230. The van der Waals surface area contributed by atoms with Crippen molar-refractivity contribution in [2.24, 2.45) is 17.8 Å². The molecule has 102 valence electrons. The first-order valence-electron chi connectivity index (χ1n) is 7.66. The fourth-order valence-electron chi connectivity index (χ4n) is 3.31. The highest BCUT2D eigenvalue weighted by atomic mass is 16.1. The zero-order chi connectivity index (χ0) is 13.2. The van der Waals surface area contributed by atoms with E-state index in [2.05, 4.69) is 24.4 Å². The monoisotopic (exact) mass is 257 g/mol. The van der Waals surface area contributed by atoms with Crippen LogP contribution in [0.25, 0.3) is 0 Å². The van der Waals surface area contributed by atoms with E-state index in [0.29, 0.717) is 0 Å². The van der Waals surface area contributed by atoms with E-state index in [-0.39, 0.29) is 11.8 Å². The molecule has 2 aliphatic rings. The molecular weight excluding hydrogens is 234 g/mol. The molecule has 0 radical (unpaired) electrons. The number of amides is 1. The lowest BCUT2D eigenvalue weighted by molar-refractivity contribution is -0.120. The van der Waals surface area contributed by atoms with Crippen molar-refractivity contribution in [2.45, 2.75) is 45.4 Å². The standard InChI is InChI=1S/C17H23NO/c1-2-3-4-12-5-7-16(8-6-12)18-17(19)15-10-13-9-14(13)11-15/h5-8,13-15H,2-4,9-11H2,1H3,(H,18,19). The number of hydrogen-bond donors (Lipinski definition) is 1. The van der Waals surface area contributed by atoms with Gasteiger partial charge in [-0.2, -0.15) is 0 Å². The van der Waals surface area contributed by atoms with Gasteiger partial charge in [-0.05, 0) is 61.6 Å². The first-order chi connectivity index (χ1) is 9.26. The number of anilines is 1. The van der Waals surface area contributed by atoms with Gasteiger partial charge in [-0.1, -0.05) is 25.5 Å². The zero-order valence-electron chi connectivity index (χ0n) is 11.7. The average Bonchev–Trinajstić information content (AvgIpc) is 3.04. The molecule has 2 saturated carbocycles. The number of hydrogen-bond acceptors (Lipinski definition) is 1. The maximum absolute atomic E-state index is 12.1. The van der Waals surface area contributed by atoms with Crippen molar-refractivity contribution in [3.8, 4) is 0 Å². The largest absolute Gasteiger partial charge is 0.326 e. The minimum atomic E-state index is 0.230. The molecule has 1 N–H and O–H groups in total. The summed E-state index contributed by atoms with van der Waals surface area (Å²) in [7, 11) is 0. The predicted octanol–water partition coefficient (Wildman–Crippen LogP) is 4.01. The van der Waals surface area contributed by atoms with Gasteiger partial charge in [0.2, 0.25) is 5.91 Å². The molecule has 2 unspecified atom stereocenters. The molecule has 0 bridgehead atoms. The molecule has 1 aromatic rings. The summed E-state index contributed by atoms with van der Waals surface area (Å²) in [6.07, 6.45) is 7.20. The molecule has 0 aromatic heterocycles. The summed E-state index contributed by atoms with van der Waals surface area (Å²) < 4.78 is 0. The van der Waals surface area contributed by atoms with Crippen molar-refractivity contribution in [3.63, 3.8) is 0 Å². The summed E-state index contributed by atoms with van der Waals surface area (Å²) >= 11 is 0. The van der Waals surface area contributed by atoms with Gasteiger partial charge in [0, 0.05) is 11.6 Å². The molecule has 3 rings (SSSR count). The van der Waals surface area contributed by atoms with E-state index in [1.807, 2.05) is 12.1 Å². The Labute approximate surface area is 115 Å². The Balaban J connectivity index is 1.52. The summed E-state index contributed by atoms with van der Waals surface area (Å²) in [5, 5.41) is 3.07. The van der Waals surface area contributed by atoms with Crippen molar-refractivity contribution in [2.75, 3.05) is 5.32 Å². The van der Waals surface area contributed by atoms with Gasteiger partial charge in [0.25, 0.3) is 0 Å². The molecule has 0 heterocycles. The fraction of sp³-hybridized carbons (Fsp3) is 0.588. The number of carbonyl (C=O) groups excluding carboxylic acids is 1. The molecular formula is C17H23NO. The Bertz CT molecular complexity index is 441. The molecule has 19 heavy (non-hydrogen) atoms. The van der Waals surface area contributed by atoms with E-state index in [0.717, 1.165) is 36.8 Å². The van der Waals surface area contributed by atoms with Crippen molar-refractivity contribution in [1.29, 1.82) is 0 Å². The van der Waals surface area contributed by atoms with Crippen molar-refractivity contribution >= 4 is 11.6 Å². The lowest BCUT2D eigenvalue weighted by atomic mass is 10.0. The highest BCUT2D eigenvalue weighted by Crippen LogP contribution is 2.54. The maximum Gasteiger partial charge on any atom is 0.227 e. The zero-order valence-corrected chi connectivity index (χ0v) is 11.7. The number of unbranched alkanes of at least 4 members (excludes halogenated alkanes) is 1. The summed E-state index contributed by atoms with van der Waals surface area (Å²) in [6.45, 7) is 2.21. The third-order valence-corrected chi connectivity index (χ3v) is 4.65. The van der Waals surface area contributed by atoms with Gasteiger partial charge in [-0.25, -0.2) is 0 Å². The van der Waals surface area contributed by atoms with Crippen LogP contribution in [0.4, 0.5) is 5.69 Å². The normalized spacial score (nSPS) is 27.9. The number of aryl methyl sites for hydroxylation is 1. The van der Waals surface area contributed by atoms with Crippen molar-refractivity contribution < 1.29 is 4.79 Å². The Kier molecular flexibility index (Phi) is 3.58. The summed E-state index contributed by atoms with van der Waals surface area (Å²) in [4.78, 5) is 12.1. The number of carbonyl (C=O) groups is 1. The number of fused-ring (bicyclic) bond motifs is 1. The third kappa shape index (κ3) is 2.99. The van der Waals surface area contributed by atoms with Crippen LogP contribution in [0.1, 0.15) is 44.6 Å². The number of rotatable bonds is 5.